The lowest BCUT2D eigenvalue weighted by Gasteiger charge is -2.06. The van der Waals surface area contributed by atoms with Gasteiger partial charge in [0.2, 0.25) is 0 Å². The number of ether oxygens (including phenoxy) is 2. The number of Topliss-reactive ketones (excluding diaryl/α,β-unsaturated/α-hetero) is 1. The van der Waals surface area contributed by atoms with Crippen LogP contribution in [0, 0.1) is 0 Å². The third-order valence-electron chi connectivity index (χ3n) is 1.97. The van der Waals surface area contributed by atoms with Crippen molar-refractivity contribution in [1.29, 1.82) is 0 Å². The molecule has 0 aliphatic heterocycles. The van der Waals surface area contributed by atoms with Gasteiger partial charge in [-0.1, -0.05) is 0 Å². The highest BCUT2D eigenvalue weighted by Crippen LogP contribution is 2.18. The van der Waals surface area contributed by atoms with Crippen molar-refractivity contribution >= 4 is 11.8 Å². The molecule has 0 aliphatic carbocycles. The molecule has 0 amide bonds. The number of carboxylic acid groups (broad SMARTS) is 1. The molecular formula is C11H12O5. The third-order valence-corrected chi connectivity index (χ3v) is 1.97. The van der Waals surface area contributed by atoms with Crippen LogP contribution in [-0.4, -0.2) is 31.1 Å². The van der Waals surface area contributed by atoms with E-state index in [0.29, 0.717) is 11.3 Å². The van der Waals surface area contributed by atoms with Crippen LogP contribution in [0.3, 0.4) is 0 Å². The molecule has 0 unspecified atom stereocenters. The molecule has 0 spiro atoms. The van der Waals surface area contributed by atoms with E-state index in [4.69, 9.17) is 14.6 Å². The van der Waals surface area contributed by atoms with E-state index in [9.17, 15) is 9.59 Å². The molecule has 1 rings (SSSR count). The summed E-state index contributed by atoms with van der Waals surface area (Å²) in [5.41, 5.74) is 0.769. The fourth-order valence-electron chi connectivity index (χ4n) is 1.28. The van der Waals surface area contributed by atoms with Gasteiger partial charge in [-0.2, -0.15) is 0 Å². The van der Waals surface area contributed by atoms with Crippen molar-refractivity contribution in [2.24, 2.45) is 0 Å². The molecule has 1 N–H and O–H groups in total. The molecule has 1 aromatic carbocycles. The Labute approximate surface area is 92.6 Å². The molecule has 5 heteroatoms. The number of carbonyl (C=O) groups excluding carboxylic acids is 1. The van der Waals surface area contributed by atoms with Crippen LogP contribution in [0.2, 0.25) is 0 Å². The minimum Gasteiger partial charge on any atom is -0.497 e. The van der Waals surface area contributed by atoms with Gasteiger partial charge in [0.15, 0.2) is 0 Å². The van der Waals surface area contributed by atoms with Crippen LogP contribution in [0.25, 0.3) is 0 Å². The van der Waals surface area contributed by atoms with Gasteiger partial charge in [-0.15, -0.1) is 0 Å². The molecule has 0 fully saturated rings. The molecule has 1 aromatic rings. The molecule has 0 saturated carbocycles. The Kier molecular flexibility index (Phi) is 4.02. The molecular weight excluding hydrogens is 212 g/mol. The summed E-state index contributed by atoms with van der Waals surface area (Å²) in [5, 5.41) is 8.60. The van der Waals surface area contributed by atoms with Crippen molar-refractivity contribution in [2.45, 2.75) is 6.61 Å². The average molecular weight is 224 g/mol. The monoisotopic (exact) mass is 224 g/mol. The topological polar surface area (TPSA) is 72.8 Å². The average Bonchev–Trinajstić information content (AvgIpc) is 2.27. The third kappa shape index (κ3) is 2.80. The summed E-state index contributed by atoms with van der Waals surface area (Å²) in [5.74, 6) is -2.02. The first-order valence-electron chi connectivity index (χ1n) is 4.53. The van der Waals surface area contributed by atoms with Gasteiger partial charge < -0.3 is 14.6 Å². The van der Waals surface area contributed by atoms with Gasteiger partial charge in [0, 0.05) is 12.7 Å². The molecule has 0 aromatic heterocycles. The second kappa shape index (κ2) is 5.27. The predicted molar refractivity (Wildman–Crippen MR) is 55.7 cm³/mol. The van der Waals surface area contributed by atoms with Gasteiger partial charge in [-0.3, -0.25) is 4.79 Å². The van der Waals surface area contributed by atoms with Crippen molar-refractivity contribution in [2.75, 3.05) is 14.2 Å². The summed E-state index contributed by atoms with van der Waals surface area (Å²) in [4.78, 5) is 21.8. The molecule has 16 heavy (non-hydrogen) atoms. The Morgan fingerprint density at radius 3 is 2.44 bits per heavy atom. The smallest absolute Gasteiger partial charge is 0.377 e. The Balaban J connectivity index is 3.13. The first-order valence-corrected chi connectivity index (χ1v) is 4.53. The van der Waals surface area contributed by atoms with Crippen LogP contribution in [0.5, 0.6) is 5.75 Å². The number of aliphatic carboxylic acids is 1. The summed E-state index contributed by atoms with van der Waals surface area (Å²) in [7, 11) is 2.96. The van der Waals surface area contributed by atoms with E-state index in [-0.39, 0.29) is 12.2 Å². The van der Waals surface area contributed by atoms with E-state index < -0.39 is 11.8 Å². The van der Waals surface area contributed by atoms with Crippen LogP contribution in [0.4, 0.5) is 0 Å². The SMILES string of the molecule is COCc1cc(OC)cc(C(=O)C(=O)O)c1. The highest BCUT2D eigenvalue weighted by atomic mass is 16.5. The Morgan fingerprint density at radius 2 is 1.94 bits per heavy atom. The second-order valence-electron chi connectivity index (χ2n) is 3.14. The molecule has 0 aliphatic rings. The number of carbonyl (C=O) groups is 2. The molecule has 0 radical (unpaired) electrons. The van der Waals surface area contributed by atoms with E-state index in [1.54, 1.807) is 6.07 Å². The molecule has 86 valence electrons. The van der Waals surface area contributed by atoms with Gasteiger partial charge >= 0.3 is 5.97 Å². The maximum Gasteiger partial charge on any atom is 0.377 e. The summed E-state index contributed by atoms with van der Waals surface area (Å²) in [6.45, 7) is 0.289. The van der Waals surface area contributed by atoms with Crippen LogP contribution < -0.4 is 4.74 Å². The summed E-state index contributed by atoms with van der Waals surface area (Å²) in [6.07, 6.45) is 0. The summed E-state index contributed by atoms with van der Waals surface area (Å²) in [6, 6.07) is 4.54. The zero-order valence-electron chi connectivity index (χ0n) is 9.02. The van der Waals surface area contributed by atoms with E-state index in [2.05, 4.69) is 0 Å². The minimum atomic E-state index is -1.49. The van der Waals surface area contributed by atoms with Crippen LogP contribution >= 0.6 is 0 Å². The lowest BCUT2D eigenvalue weighted by molar-refractivity contribution is -0.131. The van der Waals surface area contributed by atoms with Gasteiger partial charge in [0.1, 0.15) is 5.75 Å². The molecule has 0 bridgehead atoms. The lowest BCUT2D eigenvalue weighted by atomic mass is 10.1. The van der Waals surface area contributed by atoms with Crippen LogP contribution in [-0.2, 0) is 16.1 Å². The maximum atomic E-state index is 11.3. The highest BCUT2D eigenvalue weighted by molar-refractivity contribution is 6.39. The first-order chi connectivity index (χ1) is 7.58. The maximum absolute atomic E-state index is 11.3. The van der Waals surface area contributed by atoms with Gasteiger partial charge in [-0.25, -0.2) is 4.79 Å². The van der Waals surface area contributed by atoms with Crippen molar-refractivity contribution in [3.8, 4) is 5.75 Å². The van der Waals surface area contributed by atoms with E-state index in [1.165, 1.54) is 26.4 Å². The van der Waals surface area contributed by atoms with Gasteiger partial charge in [0.25, 0.3) is 5.78 Å². The number of rotatable bonds is 5. The normalized spacial score (nSPS) is 9.88. The van der Waals surface area contributed by atoms with E-state index in [1.807, 2.05) is 0 Å². The van der Waals surface area contributed by atoms with Crippen LogP contribution in [0.15, 0.2) is 18.2 Å². The number of methoxy groups -OCH3 is 2. The van der Waals surface area contributed by atoms with Crippen molar-refractivity contribution < 1.29 is 24.2 Å². The standard InChI is InChI=1S/C11H12O5/c1-15-6-7-3-8(10(12)11(13)14)5-9(4-7)16-2/h3-5H,6H2,1-2H3,(H,13,14). The van der Waals surface area contributed by atoms with E-state index in [0.717, 1.165) is 0 Å². The molecule has 0 heterocycles. The Morgan fingerprint density at radius 1 is 1.25 bits per heavy atom. The largest absolute Gasteiger partial charge is 0.497 e. The second-order valence-corrected chi connectivity index (χ2v) is 3.14. The fourth-order valence-corrected chi connectivity index (χ4v) is 1.28. The Hall–Kier alpha value is -1.88. The number of ketones is 1. The van der Waals surface area contributed by atoms with Gasteiger partial charge in [0.05, 0.1) is 13.7 Å². The quantitative estimate of drug-likeness (QED) is 0.599. The van der Waals surface area contributed by atoms with Crippen LogP contribution in [0.1, 0.15) is 15.9 Å². The number of carboxylic acids is 1. The lowest BCUT2D eigenvalue weighted by Crippen LogP contribution is -2.13. The number of benzene rings is 1. The number of hydrogen-bond donors (Lipinski definition) is 1. The van der Waals surface area contributed by atoms with Crippen molar-refractivity contribution in [3.05, 3.63) is 29.3 Å². The molecule has 5 nitrogen and oxygen atoms in total. The minimum absolute atomic E-state index is 0.0823. The van der Waals surface area contributed by atoms with Crippen molar-refractivity contribution in [1.82, 2.24) is 0 Å². The zero-order valence-corrected chi connectivity index (χ0v) is 9.02. The summed E-state index contributed by atoms with van der Waals surface area (Å²) >= 11 is 0. The van der Waals surface area contributed by atoms with E-state index >= 15 is 0 Å². The predicted octanol–water partition coefficient (Wildman–Crippen LogP) is 1.11. The Bertz CT molecular complexity index is 411. The summed E-state index contributed by atoms with van der Waals surface area (Å²) < 4.78 is 9.88. The molecule has 0 saturated heterocycles. The van der Waals surface area contributed by atoms with Crippen molar-refractivity contribution in [3.63, 3.8) is 0 Å². The number of hydrogen-bond acceptors (Lipinski definition) is 4. The first kappa shape index (κ1) is 12.2. The van der Waals surface area contributed by atoms with Gasteiger partial charge in [-0.05, 0) is 23.8 Å². The zero-order chi connectivity index (χ0) is 12.1. The highest BCUT2D eigenvalue weighted by Gasteiger charge is 2.16. The molecule has 0 atom stereocenters. The fraction of sp³-hybridized carbons (Fsp3) is 0.273.